The van der Waals surface area contributed by atoms with Crippen LogP contribution in [0.4, 0.5) is 0 Å². The average Bonchev–Trinajstić information content (AvgIpc) is 2.46. The van der Waals surface area contributed by atoms with E-state index in [4.69, 9.17) is 0 Å². The SMILES string of the molecule is CC1=C(C#N)C(c2ccc(C(C)(C)C)cc2)C(C#N)=C(C)N1. The zero-order valence-electron chi connectivity index (χ0n) is 13.8. The fourth-order valence-corrected chi connectivity index (χ4v) is 2.80. The van der Waals surface area contributed by atoms with Crippen molar-refractivity contribution in [1.29, 1.82) is 10.5 Å². The van der Waals surface area contributed by atoms with E-state index < -0.39 is 0 Å². The summed E-state index contributed by atoms with van der Waals surface area (Å²) >= 11 is 0. The molecule has 3 heteroatoms. The third kappa shape index (κ3) is 2.76. The Morgan fingerprint density at radius 3 is 1.73 bits per heavy atom. The predicted molar refractivity (Wildman–Crippen MR) is 87.6 cm³/mol. The first-order valence-electron chi connectivity index (χ1n) is 7.38. The van der Waals surface area contributed by atoms with Crippen LogP contribution in [0.15, 0.2) is 46.8 Å². The molecule has 1 heterocycles. The minimum Gasteiger partial charge on any atom is -0.361 e. The van der Waals surface area contributed by atoms with Gasteiger partial charge in [0.15, 0.2) is 0 Å². The van der Waals surface area contributed by atoms with E-state index in [1.165, 1.54) is 5.56 Å². The normalized spacial score (nSPS) is 16.1. The molecule has 0 amide bonds. The molecule has 1 aromatic rings. The molecule has 1 aliphatic rings. The molecule has 0 saturated heterocycles. The lowest BCUT2D eigenvalue weighted by Gasteiger charge is -2.27. The smallest absolute Gasteiger partial charge is 0.0975 e. The zero-order chi connectivity index (χ0) is 16.5. The van der Waals surface area contributed by atoms with Crippen LogP contribution in [0.1, 0.15) is 51.7 Å². The highest BCUT2D eigenvalue weighted by Gasteiger charge is 2.29. The summed E-state index contributed by atoms with van der Waals surface area (Å²) in [4.78, 5) is 0. The van der Waals surface area contributed by atoms with Gasteiger partial charge < -0.3 is 5.32 Å². The van der Waals surface area contributed by atoms with Crippen LogP contribution in [0.25, 0.3) is 0 Å². The van der Waals surface area contributed by atoms with Crippen molar-refractivity contribution in [1.82, 2.24) is 5.32 Å². The Bertz CT molecular complexity index is 693. The fourth-order valence-electron chi connectivity index (χ4n) is 2.80. The Balaban J connectivity index is 2.55. The number of benzene rings is 1. The molecule has 0 atom stereocenters. The third-order valence-corrected chi connectivity index (χ3v) is 4.11. The number of nitrogens with one attached hydrogen (secondary N) is 1. The summed E-state index contributed by atoms with van der Waals surface area (Å²) in [7, 11) is 0. The molecule has 0 saturated carbocycles. The summed E-state index contributed by atoms with van der Waals surface area (Å²) in [6.07, 6.45) is 0. The van der Waals surface area contributed by atoms with Gasteiger partial charge in [0.05, 0.1) is 29.2 Å². The van der Waals surface area contributed by atoms with Crippen LogP contribution in [0.2, 0.25) is 0 Å². The number of allylic oxidation sites excluding steroid dienone is 4. The monoisotopic (exact) mass is 291 g/mol. The summed E-state index contributed by atoms with van der Waals surface area (Å²) in [5.41, 5.74) is 5.19. The van der Waals surface area contributed by atoms with Gasteiger partial charge in [-0.2, -0.15) is 10.5 Å². The number of hydrogen-bond acceptors (Lipinski definition) is 3. The second kappa shape index (κ2) is 5.70. The number of nitrogens with zero attached hydrogens (tertiary/aromatic N) is 2. The minimum absolute atomic E-state index is 0.0836. The lowest BCUT2D eigenvalue weighted by molar-refractivity contribution is 0.590. The molecular weight excluding hydrogens is 270 g/mol. The van der Waals surface area contributed by atoms with Crippen LogP contribution in [0.5, 0.6) is 0 Å². The summed E-state index contributed by atoms with van der Waals surface area (Å²) in [6, 6.07) is 12.8. The Morgan fingerprint density at radius 2 is 1.36 bits per heavy atom. The Kier molecular flexibility index (Phi) is 4.11. The van der Waals surface area contributed by atoms with Gasteiger partial charge >= 0.3 is 0 Å². The first-order chi connectivity index (χ1) is 10.3. The first kappa shape index (κ1) is 15.9. The largest absolute Gasteiger partial charge is 0.361 e. The van der Waals surface area contributed by atoms with Gasteiger partial charge in [-0.15, -0.1) is 0 Å². The molecule has 112 valence electrons. The van der Waals surface area contributed by atoms with E-state index in [1.807, 2.05) is 26.0 Å². The molecule has 1 aliphatic heterocycles. The van der Waals surface area contributed by atoms with E-state index in [0.717, 1.165) is 17.0 Å². The Hall–Kier alpha value is -2.52. The van der Waals surface area contributed by atoms with Crippen LogP contribution in [-0.4, -0.2) is 0 Å². The van der Waals surface area contributed by atoms with Crippen molar-refractivity contribution in [2.24, 2.45) is 0 Å². The van der Waals surface area contributed by atoms with Gasteiger partial charge in [0.2, 0.25) is 0 Å². The quantitative estimate of drug-likeness (QED) is 0.840. The average molecular weight is 291 g/mol. The molecule has 1 aromatic carbocycles. The topological polar surface area (TPSA) is 59.6 Å². The summed E-state index contributed by atoms with van der Waals surface area (Å²) < 4.78 is 0. The Morgan fingerprint density at radius 1 is 0.909 bits per heavy atom. The van der Waals surface area contributed by atoms with Gasteiger partial charge in [0, 0.05) is 11.4 Å². The molecule has 3 nitrogen and oxygen atoms in total. The molecule has 0 aliphatic carbocycles. The Labute approximate surface area is 132 Å². The number of rotatable bonds is 1. The van der Waals surface area contributed by atoms with Crippen molar-refractivity contribution in [3.8, 4) is 12.1 Å². The summed E-state index contributed by atoms with van der Waals surface area (Å²) in [6.45, 7) is 10.3. The highest BCUT2D eigenvalue weighted by atomic mass is 14.9. The van der Waals surface area contributed by atoms with Crippen LogP contribution in [0.3, 0.4) is 0 Å². The number of nitriles is 2. The molecule has 1 N–H and O–H groups in total. The van der Waals surface area contributed by atoms with Crippen LogP contribution >= 0.6 is 0 Å². The van der Waals surface area contributed by atoms with Crippen molar-refractivity contribution in [2.75, 3.05) is 0 Å². The van der Waals surface area contributed by atoms with Crippen molar-refractivity contribution >= 4 is 0 Å². The molecule has 0 fully saturated rings. The predicted octanol–water partition coefficient (Wildman–Crippen LogP) is 4.27. The summed E-state index contributed by atoms with van der Waals surface area (Å²) in [5.74, 6) is -0.273. The fraction of sp³-hybridized carbons (Fsp3) is 0.368. The second-order valence-electron chi connectivity index (χ2n) is 6.73. The molecule has 2 rings (SSSR count). The third-order valence-electron chi connectivity index (χ3n) is 4.11. The van der Waals surface area contributed by atoms with Crippen LogP contribution in [0, 0.1) is 22.7 Å². The molecule has 0 radical (unpaired) electrons. The van der Waals surface area contributed by atoms with Gasteiger partial charge in [0.1, 0.15) is 0 Å². The van der Waals surface area contributed by atoms with Gasteiger partial charge in [-0.05, 0) is 30.4 Å². The van der Waals surface area contributed by atoms with Gasteiger partial charge in [0.25, 0.3) is 0 Å². The van der Waals surface area contributed by atoms with E-state index in [9.17, 15) is 10.5 Å². The first-order valence-corrected chi connectivity index (χ1v) is 7.38. The van der Waals surface area contributed by atoms with Gasteiger partial charge in [-0.1, -0.05) is 45.0 Å². The second-order valence-corrected chi connectivity index (χ2v) is 6.73. The van der Waals surface area contributed by atoms with Crippen molar-refractivity contribution in [3.63, 3.8) is 0 Å². The minimum atomic E-state index is -0.273. The zero-order valence-corrected chi connectivity index (χ0v) is 13.8. The van der Waals surface area contributed by atoms with E-state index in [2.05, 4.69) is 50.4 Å². The highest BCUT2D eigenvalue weighted by molar-refractivity contribution is 5.55. The maximum Gasteiger partial charge on any atom is 0.0975 e. The molecule has 22 heavy (non-hydrogen) atoms. The molecular formula is C19H21N3. The lowest BCUT2D eigenvalue weighted by atomic mass is 9.80. The van der Waals surface area contributed by atoms with Crippen LogP contribution < -0.4 is 5.32 Å². The van der Waals surface area contributed by atoms with Gasteiger partial charge in [-0.25, -0.2) is 0 Å². The number of dihydropyridines is 1. The number of hydrogen-bond donors (Lipinski definition) is 1. The molecule has 0 spiro atoms. The van der Waals surface area contributed by atoms with E-state index in [1.54, 1.807) is 0 Å². The maximum absolute atomic E-state index is 9.50. The summed E-state index contributed by atoms with van der Waals surface area (Å²) in [5, 5.41) is 22.1. The van der Waals surface area contributed by atoms with Crippen LogP contribution in [-0.2, 0) is 5.41 Å². The van der Waals surface area contributed by atoms with Crippen molar-refractivity contribution in [2.45, 2.75) is 46.0 Å². The molecule has 0 aromatic heterocycles. The lowest BCUT2D eigenvalue weighted by Crippen LogP contribution is -2.23. The van der Waals surface area contributed by atoms with Crippen molar-refractivity contribution in [3.05, 3.63) is 57.9 Å². The van der Waals surface area contributed by atoms with E-state index >= 15 is 0 Å². The standard InChI is InChI=1S/C19H21N3/c1-12-16(10-20)18(17(11-21)13(2)22-12)14-6-8-15(9-7-14)19(3,4)5/h6-9,18,22H,1-5H3. The maximum atomic E-state index is 9.50. The van der Waals surface area contributed by atoms with Gasteiger partial charge in [-0.3, -0.25) is 0 Å². The molecule has 0 bridgehead atoms. The van der Waals surface area contributed by atoms with E-state index in [0.29, 0.717) is 11.1 Å². The van der Waals surface area contributed by atoms with Crippen molar-refractivity contribution < 1.29 is 0 Å². The molecule has 0 unspecified atom stereocenters. The van der Waals surface area contributed by atoms with E-state index in [-0.39, 0.29) is 11.3 Å². The highest BCUT2D eigenvalue weighted by Crippen LogP contribution is 2.37.